The summed E-state index contributed by atoms with van der Waals surface area (Å²) in [7, 11) is 0. The van der Waals surface area contributed by atoms with Gasteiger partial charge in [-0.05, 0) is 55.1 Å². The second kappa shape index (κ2) is 3.96. The van der Waals surface area contributed by atoms with E-state index in [1.807, 2.05) is 18.2 Å². The number of nitrogens with one attached hydrogen (secondary N) is 1. The fourth-order valence-electron chi connectivity index (χ4n) is 2.51. The number of rotatable bonds is 3. The molecule has 3 rings (SSSR count). The maximum atomic E-state index is 8.99. The molecule has 1 N–H and O–H groups in total. The number of hydrogen-bond acceptors (Lipinski definition) is 2. The van der Waals surface area contributed by atoms with Crippen LogP contribution in [0.15, 0.2) is 18.2 Å². The maximum absolute atomic E-state index is 8.99. The second-order valence-electron chi connectivity index (χ2n) is 5.21. The molecule has 0 atom stereocenters. The van der Waals surface area contributed by atoms with E-state index in [2.05, 4.69) is 22.5 Å². The zero-order valence-electron chi connectivity index (χ0n) is 10.4. The van der Waals surface area contributed by atoms with E-state index < -0.39 is 0 Å². The van der Waals surface area contributed by atoms with Crippen LogP contribution in [0.5, 0.6) is 0 Å². The molecule has 18 heavy (non-hydrogen) atoms. The quantitative estimate of drug-likeness (QED) is 0.851. The number of imidazole rings is 1. The van der Waals surface area contributed by atoms with Gasteiger partial charge >= 0.3 is 0 Å². The number of nitrogens with zero attached hydrogens (tertiary/aromatic N) is 2. The van der Waals surface area contributed by atoms with Crippen LogP contribution in [0, 0.1) is 21.5 Å². The molecular weight excluding hydrogens is 242 g/mol. The van der Waals surface area contributed by atoms with Crippen LogP contribution < -0.4 is 0 Å². The van der Waals surface area contributed by atoms with Gasteiger partial charge in [-0.3, -0.25) is 0 Å². The van der Waals surface area contributed by atoms with Crippen LogP contribution in [0.2, 0.25) is 0 Å². The topological polar surface area (TPSA) is 44.5 Å². The Kier molecular flexibility index (Phi) is 2.53. The Balaban J connectivity index is 2.13. The summed E-state index contributed by atoms with van der Waals surface area (Å²) in [6.45, 7) is 3.21. The third-order valence-electron chi connectivity index (χ3n) is 4.11. The molecule has 0 amide bonds. The van der Waals surface area contributed by atoms with Crippen LogP contribution in [0.3, 0.4) is 0 Å². The van der Waals surface area contributed by atoms with Crippen molar-refractivity contribution in [1.29, 1.82) is 5.26 Å². The minimum absolute atomic E-state index is 0.440. The first kappa shape index (κ1) is 11.5. The first-order chi connectivity index (χ1) is 8.67. The zero-order chi connectivity index (χ0) is 12.8. The Morgan fingerprint density at radius 1 is 1.50 bits per heavy atom. The number of nitriles is 1. The molecule has 4 heteroatoms. The summed E-state index contributed by atoms with van der Waals surface area (Å²) in [6, 6.07) is 7.87. The number of fused-ring (bicyclic) bond motifs is 1. The van der Waals surface area contributed by atoms with Crippen molar-refractivity contribution in [2.45, 2.75) is 32.7 Å². The van der Waals surface area contributed by atoms with Gasteiger partial charge in [0.25, 0.3) is 0 Å². The largest absolute Gasteiger partial charge is 0.331 e. The van der Waals surface area contributed by atoms with Gasteiger partial charge in [0.15, 0.2) is 4.77 Å². The minimum atomic E-state index is 0.440. The van der Waals surface area contributed by atoms with E-state index >= 15 is 0 Å². The molecule has 1 aliphatic rings. The van der Waals surface area contributed by atoms with Crippen molar-refractivity contribution in [3.05, 3.63) is 28.5 Å². The van der Waals surface area contributed by atoms with Crippen LogP contribution in [-0.4, -0.2) is 9.55 Å². The standard InChI is InChI=1S/C14H15N3S/c1-2-14(5-6-14)9-17-12-7-10(8-15)3-4-11(12)16-13(17)18/h3-4,7H,2,5-6,9H2,1H3,(H,16,18). The number of H-pyrrole nitrogens is 1. The van der Waals surface area contributed by atoms with Crippen molar-refractivity contribution in [3.8, 4) is 6.07 Å². The van der Waals surface area contributed by atoms with Crippen molar-refractivity contribution in [1.82, 2.24) is 9.55 Å². The summed E-state index contributed by atoms with van der Waals surface area (Å²) in [4.78, 5) is 3.22. The number of aromatic amines is 1. The lowest BCUT2D eigenvalue weighted by Gasteiger charge is -2.13. The summed E-state index contributed by atoms with van der Waals surface area (Å²) in [6.07, 6.45) is 3.77. The van der Waals surface area contributed by atoms with E-state index in [1.54, 1.807) is 0 Å². The Morgan fingerprint density at radius 3 is 2.89 bits per heavy atom. The molecule has 1 aliphatic carbocycles. The lowest BCUT2D eigenvalue weighted by molar-refractivity contribution is 0.413. The molecule has 1 aromatic carbocycles. The molecule has 0 bridgehead atoms. The highest BCUT2D eigenvalue weighted by molar-refractivity contribution is 7.71. The molecule has 0 spiro atoms. The summed E-state index contributed by atoms with van der Waals surface area (Å²) < 4.78 is 2.92. The Morgan fingerprint density at radius 2 is 2.28 bits per heavy atom. The van der Waals surface area contributed by atoms with Gasteiger partial charge in [0.05, 0.1) is 22.7 Å². The predicted octanol–water partition coefficient (Wildman–Crippen LogP) is 3.76. The highest BCUT2D eigenvalue weighted by Gasteiger charge is 2.41. The highest BCUT2D eigenvalue weighted by atomic mass is 32.1. The van der Waals surface area contributed by atoms with E-state index in [-0.39, 0.29) is 0 Å². The highest BCUT2D eigenvalue weighted by Crippen LogP contribution is 2.50. The summed E-state index contributed by atoms with van der Waals surface area (Å²) in [5.74, 6) is 0. The molecule has 3 nitrogen and oxygen atoms in total. The first-order valence-electron chi connectivity index (χ1n) is 6.30. The van der Waals surface area contributed by atoms with E-state index in [0.29, 0.717) is 11.0 Å². The molecule has 1 heterocycles. The lowest BCUT2D eigenvalue weighted by atomic mass is 10.0. The normalized spacial score (nSPS) is 16.7. The molecule has 0 aliphatic heterocycles. The summed E-state index contributed by atoms with van der Waals surface area (Å²) >= 11 is 5.40. The van der Waals surface area contributed by atoms with Gasteiger partial charge in [0, 0.05) is 6.54 Å². The van der Waals surface area contributed by atoms with E-state index in [1.165, 1.54) is 19.3 Å². The average Bonchev–Trinajstić information content (AvgIpc) is 3.10. The van der Waals surface area contributed by atoms with Gasteiger partial charge in [-0.25, -0.2) is 0 Å². The van der Waals surface area contributed by atoms with E-state index in [0.717, 1.165) is 22.3 Å². The van der Waals surface area contributed by atoms with Gasteiger partial charge in [-0.1, -0.05) is 6.92 Å². The molecular formula is C14H15N3S. The molecule has 2 aromatic rings. The van der Waals surface area contributed by atoms with E-state index in [9.17, 15) is 0 Å². The number of aromatic nitrogens is 2. The van der Waals surface area contributed by atoms with Gasteiger partial charge in [-0.2, -0.15) is 5.26 Å². The monoisotopic (exact) mass is 257 g/mol. The Bertz CT molecular complexity index is 698. The zero-order valence-corrected chi connectivity index (χ0v) is 11.2. The molecule has 0 saturated heterocycles. The van der Waals surface area contributed by atoms with Crippen LogP contribution >= 0.6 is 12.2 Å². The molecule has 1 fully saturated rings. The lowest BCUT2D eigenvalue weighted by Crippen LogP contribution is -2.10. The Labute approximate surface area is 111 Å². The minimum Gasteiger partial charge on any atom is -0.331 e. The number of hydrogen-bond donors (Lipinski definition) is 1. The predicted molar refractivity (Wildman–Crippen MR) is 73.8 cm³/mol. The maximum Gasteiger partial charge on any atom is 0.178 e. The number of benzene rings is 1. The van der Waals surface area contributed by atoms with Crippen molar-refractivity contribution in [2.24, 2.45) is 5.41 Å². The van der Waals surface area contributed by atoms with Crippen molar-refractivity contribution < 1.29 is 0 Å². The molecule has 1 saturated carbocycles. The summed E-state index contributed by atoms with van der Waals surface area (Å²) in [5.41, 5.74) is 3.20. The van der Waals surface area contributed by atoms with Crippen LogP contribution in [0.4, 0.5) is 0 Å². The smallest absolute Gasteiger partial charge is 0.178 e. The third-order valence-corrected chi connectivity index (χ3v) is 4.43. The van der Waals surface area contributed by atoms with Crippen molar-refractivity contribution >= 4 is 23.3 Å². The third kappa shape index (κ3) is 1.75. The molecule has 0 radical (unpaired) electrons. The van der Waals surface area contributed by atoms with Crippen LogP contribution in [0.1, 0.15) is 31.7 Å². The van der Waals surface area contributed by atoms with E-state index in [4.69, 9.17) is 17.5 Å². The fourth-order valence-corrected chi connectivity index (χ4v) is 2.79. The SMILES string of the molecule is CCC1(Cn2c(=S)[nH]c3ccc(C#N)cc32)CC1. The van der Waals surface area contributed by atoms with Gasteiger partial charge in [-0.15, -0.1) is 0 Å². The molecule has 1 aromatic heterocycles. The van der Waals surface area contributed by atoms with Gasteiger partial charge in [0.2, 0.25) is 0 Å². The molecule has 0 unspecified atom stereocenters. The molecule has 92 valence electrons. The van der Waals surface area contributed by atoms with Crippen molar-refractivity contribution in [3.63, 3.8) is 0 Å². The van der Waals surface area contributed by atoms with Gasteiger partial charge in [0.1, 0.15) is 0 Å². The van der Waals surface area contributed by atoms with Crippen molar-refractivity contribution in [2.75, 3.05) is 0 Å². The summed E-state index contributed by atoms with van der Waals surface area (Å²) in [5, 5.41) is 8.99. The average molecular weight is 257 g/mol. The van der Waals surface area contributed by atoms with Crippen LogP contribution in [-0.2, 0) is 6.54 Å². The fraction of sp³-hybridized carbons (Fsp3) is 0.429. The Hall–Kier alpha value is -1.60. The first-order valence-corrected chi connectivity index (χ1v) is 6.71. The second-order valence-corrected chi connectivity index (χ2v) is 5.60. The van der Waals surface area contributed by atoms with Gasteiger partial charge < -0.3 is 9.55 Å². The van der Waals surface area contributed by atoms with Crippen LogP contribution in [0.25, 0.3) is 11.0 Å².